The number of benzene rings is 3. The molecule has 24 heteroatoms. The van der Waals surface area contributed by atoms with E-state index < -0.39 is 83.1 Å². The predicted octanol–water partition coefficient (Wildman–Crippen LogP) is 8.62. The molecule has 3 N–H and O–H groups in total. The zero-order valence-corrected chi connectivity index (χ0v) is 45.0. The van der Waals surface area contributed by atoms with Gasteiger partial charge in [0.1, 0.15) is 11.2 Å². The highest BCUT2D eigenvalue weighted by molar-refractivity contribution is 6.07. The van der Waals surface area contributed by atoms with Crippen LogP contribution in [0.4, 0.5) is 52.1 Å². The molecule has 0 spiro atoms. The van der Waals surface area contributed by atoms with Crippen LogP contribution in [-0.2, 0) is 31.4 Å². The van der Waals surface area contributed by atoms with E-state index >= 15 is 0 Å². The Hall–Kier alpha value is -8.61. The van der Waals surface area contributed by atoms with Crippen molar-refractivity contribution in [3.05, 3.63) is 153 Å². The van der Waals surface area contributed by atoms with Crippen molar-refractivity contribution in [2.75, 3.05) is 62.2 Å². The number of nitrogens with one attached hydrogen (secondary N) is 2. The Morgan fingerprint density at radius 1 is 0.691 bits per heavy atom. The van der Waals surface area contributed by atoms with Crippen LogP contribution in [0.5, 0.6) is 0 Å². The van der Waals surface area contributed by atoms with Crippen molar-refractivity contribution in [1.82, 2.24) is 30.2 Å². The summed E-state index contributed by atoms with van der Waals surface area (Å²) in [6.45, 7) is 7.90. The maximum atomic E-state index is 14.7. The van der Waals surface area contributed by atoms with E-state index in [9.17, 15) is 65.9 Å². The van der Waals surface area contributed by atoms with Crippen LogP contribution >= 0.6 is 0 Å². The van der Waals surface area contributed by atoms with Gasteiger partial charge in [-0.1, -0.05) is 36.4 Å². The van der Waals surface area contributed by atoms with Gasteiger partial charge in [-0.05, 0) is 120 Å². The van der Waals surface area contributed by atoms with Crippen LogP contribution < -0.4 is 20.4 Å². The van der Waals surface area contributed by atoms with Gasteiger partial charge in [0.15, 0.2) is 6.35 Å². The van der Waals surface area contributed by atoms with Crippen molar-refractivity contribution in [1.29, 1.82) is 10.5 Å². The maximum absolute atomic E-state index is 14.7. The average Bonchev–Trinajstić information content (AvgIpc) is 2.65. The van der Waals surface area contributed by atoms with Crippen molar-refractivity contribution in [3.63, 3.8) is 0 Å². The fourth-order valence-corrected chi connectivity index (χ4v) is 9.85. The van der Waals surface area contributed by atoms with Crippen molar-refractivity contribution in [2.45, 2.75) is 90.0 Å². The molecule has 0 saturated carbocycles. The molecule has 3 aromatic rings. The zero-order valence-electron chi connectivity index (χ0n) is 45.0. The van der Waals surface area contributed by atoms with Crippen LogP contribution in [0.15, 0.2) is 131 Å². The molecule has 1 aliphatic carbocycles. The van der Waals surface area contributed by atoms with E-state index in [2.05, 4.69) is 16.7 Å². The highest BCUT2D eigenvalue weighted by atomic mass is 19.4. The summed E-state index contributed by atoms with van der Waals surface area (Å²) in [4.78, 5) is 79.0. The minimum Gasteiger partial charge on any atom is -0.444 e. The number of halogens is 6. The van der Waals surface area contributed by atoms with Crippen molar-refractivity contribution >= 4 is 41.4 Å². The monoisotopic (exact) mass is 1120 g/mol. The summed E-state index contributed by atoms with van der Waals surface area (Å²) >= 11 is 0. The number of carbonyl (C=O) groups excluding carboxylic acids is 5. The van der Waals surface area contributed by atoms with Gasteiger partial charge in [-0.3, -0.25) is 19.8 Å². The molecule has 0 saturated heterocycles. The fourth-order valence-electron chi connectivity index (χ4n) is 9.85. The molecule has 0 fully saturated rings. The number of anilines is 2. The third-order valence-corrected chi connectivity index (χ3v) is 13.6. The largest absolute Gasteiger partial charge is 0.444 e. The van der Waals surface area contributed by atoms with Gasteiger partial charge in [0, 0.05) is 45.0 Å². The summed E-state index contributed by atoms with van der Waals surface area (Å²) in [5.74, 6) is -1.18. The van der Waals surface area contributed by atoms with Crippen molar-refractivity contribution in [2.24, 2.45) is 0 Å². The van der Waals surface area contributed by atoms with Crippen molar-refractivity contribution in [3.8, 4) is 12.1 Å². The molecule has 3 atom stereocenters. The molecule has 4 heterocycles. The molecule has 0 bridgehead atoms. The second-order valence-electron chi connectivity index (χ2n) is 21.6. The van der Waals surface area contributed by atoms with Gasteiger partial charge in [-0.15, -0.1) is 0 Å². The molecule has 1 unspecified atom stereocenters. The number of carbonyl (C=O) groups is 5. The fraction of sp³-hybridized carbons (Fsp3) is 0.386. The number of alkyl halides is 6. The number of rotatable bonds is 13. The number of allylic oxidation sites excluding steroid dienone is 5. The van der Waals surface area contributed by atoms with E-state index in [0.29, 0.717) is 22.3 Å². The summed E-state index contributed by atoms with van der Waals surface area (Å²) in [6.07, 6.45) is -6.13. The molecule has 4 aliphatic heterocycles. The lowest BCUT2D eigenvalue weighted by atomic mass is 9.92. The van der Waals surface area contributed by atoms with Gasteiger partial charge in [-0.2, -0.15) is 36.9 Å². The second-order valence-corrected chi connectivity index (χ2v) is 21.6. The number of hydrogen-bond acceptors (Lipinski definition) is 12. The molecule has 81 heavy (non-hydrogen) atoms. The van der Waals surface area contributed by atoms with Gasteiger partial charge >= 0.3 is 30.6 Å². The van der Waals surface area contributed by atoms with E-state index in [1.54, 1.807) is 78.0 Å². The smallest absolute Gasteiger partial charge is 0.416 e. The zero-order chi connectivity index (χ0) is 58.9. The first kappa shape index (κ1) is 58.5. The standard InChI is InChI=1S/C57H58F6N10O8/c1-54(2,3)80-52(78)68(24-26-70-32-42-44(48(70)74)46(36-11-7-10-34(30-64)16-19-36)66-50(76)72(42)40-14-8-12-38(28-40)56(58,59)60)22-23-69(53(79)81-55(4,5)6)25-27-71-33-43-45(49(71)75)47(37-20-17-35(31-65)18-21-37)67-51(77)73(43)41-15-9-13-39(29-41)57(61,62)63/h7-10,12-21,28-29,46-47,50,66,76H,11,22-27,32-33H2,1-6H3,(H,67,77)/t46-,47-,50?/m1/s1. The second kappa shape index (κ2) is 22.9. The first-order valence-electron chi connectivity index (χ1n) is 25.7. The van der Waals surface area contributed by atoms with Crippen molar-refractivity contribution < 1.29 is 64.9 Å². The molecule has 5 aliphatic rings. The Kier molecular flexibility index (Phi) is 16.5. The number of aliphatic hydroxyl groups excluding tert-OH is 1. The van der Waals surface area contributed by atoms with Crippen LogP contribution in [0.2, 0.25) is 0 Å². The Bertz CT molecular complexity index is 3250. The summed E-state index contributed by atoms with van der Waals surface area (Å²) in [5.41, 5.74) is -2.37. The van der Waals surface area contributed by atoms with Gasteiger partial charge in [0.2, 0.25) is 0 Å². The predicted molar refractivity (Wildman–Crippen MR) is 282 cm³/mol. The van der Waals surface area contributed by atoms with Crippen LogP contribution in [0, 0.1) is 22.7 Å². The number of nitriles is 2. The lowest BCUT2D eigenvalue weighted by molar-refractivity contribution is -0.138. The van der Waals surface area contributed by atoms with E-state index in [-0.39, 0.29) is 92.7 Å². The van der Waals surface area contributed by atoms with Gasteiger partial charge in [0.25, 0.3) is 11.8 Å². The van der Waals surface area contributed by atoms with Crippen LogP contribution in [0.25, 0.3) is 0 Å². The molecule has 0 radical (unpaired) electrons. The number of urea groups is 1. The third kappa shape index (κ3) is 13.2. The Labute approximate surface area is 463 Å². The molecular formula is C57H58F6N10O8. The van der Waals surface area contributed by atoms with Gasteiger partial charge < -0.3 is 44.4 Å². The average molecular weight is 1130 g/mol. The Morgan fingerprint density at radius 2 is 1.21 bits per heavy atom. The quantitative estimate of drug-likeness (QED) is 0.137. The summed E-state index contributed by atoms with van der Waals surface area (Å²) in [6, 6.07) is 15.6. The number of amides is 6. The number of hydrogen-bond donors (Lipinski definition) is 3. The first-order chi connectivity index (χ1) is 38.0. The normalized spacial score (nSPS) is 19.5. The molecular weight excluding hydrogens is 1070 g/mol. The Balaban J connectivity index is 1.06. The number of aliphatic hydroxyl groups is 1. The molecule has 0 aromatic heterocycles. The minimum absolute atomic E-state index is 0.0339. The van der Waals surface area contributed by atoms with E-state index in [1.165, 1.54) is 54.8 Å². The highest BCUT2D eigenvalue weighted by Crippen LogP contribution is 2.42. The van der Waals surface area contributed by atoms with Crippen LogP contribution in [-0.4, -0.2) is 131 Å². The lowest BCUT2D eigenvalue weighted by Gasteiger charge is -2.40. The van der Waals surface area contributed by atoms with E-state index in [0.717, 1.165) is 35.2 Å². The van der Waals surface area contributed by atoms with Crippen LogP contribution in [0.1, 0.15) is 76.3 Å². The molecule has 3 aromatic carbocycles. The summed E-state index contributed by atoms with van der Waals surface area (Å²) in [5, 5.41) is 36.4. The molecule has 6 amide bonds. The SMILES string of the molecule is CC(C)(C)OC(=O)N(CCN(CCN1CC2=C(C1=O)[C@@H](c1ccc(C#N)cc1)NC(=O)N2c1cccc(C(F)(F)F)c1)C(=O)OC(C)(C)C)CCN1CC2=C(C1=O)[C@@H](C1=CC=C(C#N)C=CC1)NC(O)N2c1cccc(C(F)(F)F)c1. The minimum atomic E-state index is -4.77. The lowest BCUT2D eigenvalue weighted by Crippen LogP contribution is -2.56. The Morgan fingerprint density at radius 3 is 1.73 bits per heavy atom. The number of nitrogens with zero attached hydrogens (tertiary/aromatic N) is 8. The molecule has 8 rings (SSSR count). The van der Waals surface area contributed by atoms with E-state index in [1.807, 2.05) is 6.07 Å². The highest BCUT2D eigenvalue weighted by Gasteiger charge is 2.47. The first-order valence-corrected chi connectivity index (χ1v) is 25.7. The third-order valence-electron chi connectivity index (χ3n) is 13.6. The maximum Gasteiger partial charge on any atom is 0.416 e. The topological polar surface area (TPSA) is 215 Å². The van der Waals surface area contributed by atoms with Gasteiger partial charge in [0.05, 0.1) is 87.8 Å². The molecule has 18 nitrogen and oxygen atoms in total. The summed E-state index contributed by atoms with van der Waals surface area (Å²) in [7, 11) is 0. The van der Waals surface area contributed by atoms with E-state index in [4.69, 9.17) is 9.47 Å². The van der Waals surface area contributed by atoms with Gasteiger partial charge in [-0.25, -0.2) is 14.4 Å². The summed E-state index contributed by atoms with van der Waals surface area (Å²) < 4.78 is 95.7. The number of ether oxygens (including phenoxy) is 2. The molecule has 426 valence electrons. The van der Waals surface area contributed by atoms with Crippen LogP contribution in [0.3, 0.4) is 0 Å².